The molecule has 0 unspecified atom stereocenters. The van der Waals surface area contributed by atoms with Crippen molar-refractivity contribution < 1.29 is 47.2 Å². The third kappa shape index (κ3) is 3.43. The van der Waals surface area contributed by atoms with Crippen LogP contribution in [0.4, 0.5) is 0 Å². The fourth-order valence-electron chi connectivity index (χ4n) is 3.92. The van der Waals surface area contributed by atoms with E-state index in [9.17, 15) is 14.7 Å². The number of fused-ring (bicyclic) bond motifs is 2. The van der Waals surface area contributed by atoms with Crippen molar-refractivity contribution in [2.75, 3.05) is 28.1 Å². The zero-order valence-corrected chi connectivity index (χ0v) is 19.1. The summed E-state index contributed by atoms with van der Waals surface area (Å²) in [6.45, 7) is 2.16. The number of ketones is 2. The molecule has 0 amide bonds. The second-order valence-electron chi connectivity index (χ2n) is 7.20. The largest absolute Gasteiger partial charge is 0.504 e. The van der Waals surface area contributed by atoms with Crippen LogP contribution in [0.5, 0.6) is 34.5 Å². The Labute approximate surface area is 193 Å². The molecule has 2 aromatic heterocycles. The Morgan fingerprint density at radius 3 is 1.71 bits per heavy atom. The summed E-state index contributed by atoms with van der Waals surface area (Å²) in [4.78, 5) is 24.7. The molecule has 4 aromatic rings. The molecule has 4 rings (SSSR count). The number of benzene rings is 2. The van der Waals surface area contributed by atoms with Crippen LogP contribution in [0, 0.1) is 0 Å². The highest BCUT2D eigenvalue weighted by Gasteiger charge is 2.29. The van der Waals surface area contributed by atoms with Gasteiger partial charge in [-0.25, -0.2) is 0 Å². The third-order valence-electron chi connectivity index (χ3n) is 5.29. The molecule has 0 aliphatic heterocycles. The molecule has 0 fully saturated rings. The minimum atomic E-state index is -0.487. The molecule has 0 atom stereocenters. The molecule has 178 valence electrons. The first-order chi connectivity index (χ1) is 16.3. The lowest BCUT2D eigenvalue weighted by Gasteiger charge is -2.18. The monoisotopic (exact) mass is 470 g/mol. The highest BCUT2D eigenvalue weighted by molar-refractivity contribution is 6.09. The number of rotatable bonds is 9. The quantitative estimate of drug-likeness (QED) is 0.271. The Bertz CT molecular complexity index is 1410. The molecule has 10 nitrogen and oxygen atoms in total. The molecule has 0 aliphatic carbocycles. The van der Waals surface area contributed by atoms with E-state index in [4.69, 9.17) is 32.5 Å². The summed E-state index contributed by atoms with van der Waals surface area (Å²) in [6, 6.07) is 3.23. The molecule has 1 N–H and O–H groups in total. The number of Topliss-reactive ketones (excluding diaryl/α,β-unsaturated/α-hetero) is 2. The summed E-state index contributed by atoms with van der Waals surface area (Å²) >= 11 is 0. The van der Waals surface area contributed by atoms with Gasteiger partial charge in [0.2, 0.25) is 18.3 Å². The minimum absolute atomic E-state index is 0.0322. The molecule has 0 saturated carbocycles. The van der Waals surface area contributed by atoms with Crippen molar-refractivity contribution in [2.24, 2.45) is 0 Å². The lowest BCUT2D eigenvalue weighted by Crippen LogP contribution is -2.12. The van der Waals surface area contributed by atoms with Gasteiger partial charge in [0.15, 0.2) is 34.2 Å². The summed E-state index contributed by atoms with van der Waals surface area (Å²) in [7, 11) is 4.21. The van der Waals surface area contributed by atoms with E-state index in [0.717, 1.165) is 0 Å². The van der Waals surface area contributed by atoms with E-state index in [1.807, 2.05) is 0 Å². The Balaban J connectivity index is 1.78. The van der Waals surface area contributed by atoms with Gasteiger partial charge in [0.05, 0.1) is 44.6 Å². The maximum Gasteiger partial charge on any atom is 0.231 e. The van der Waals surface area contributed by atoms with Crippen LogP contribution in [-0.4, -0.2) is 44.8 Å². The van der Waals surface area contributed by atoms with Crippen molar-refractivity contribution in [3.63, 3.8) is 0 Å². The van der Waals surface area contributed by atoms with E-state index in [1.54, 1.807) is 12.1 Å². The van der Waals surface area contributed by atoms with E-state index in [1.165, 1.54) is 47.7 Å². The van der Waals surface area contributed by atoms with Crippen LogP contribution in [0.15, 0.2) is 33.5 Å². The van der Waals surface area contributed by atoms with Crippen LogP contribution in [0.1, 0.15) is 34.6 Å². The fourth-order valence-corrected chi connectivity index (χ4v) is 3.92. The standard InChI is InChI=1S/C24H22O10/c1-11(25)15-17(27)23(20-13(6-8-31-20)18(15)28-3)34-10-33-22-16(12(2)26)19(29-4)14-7-9-32-21(14)24(22)30-5/h6-9,27H,10H2,1-5H3. The highest BCUT2D eigenvalue weighted by Crippen LogP contribution is 2.48. The summed E-state index contributed by atoms with van der Waals surface area (Å²) in [5.74, 6) is -0.744. The van der Waals surface area contributed by atoms with Gasteiger partial charge in [-0.3, -0.25) is 9.59 Å². The number of ether oxygens (including phenoxy) is 5. The number of carbonyl (C=O) groups is 2. The summed E-state index contributed by atoms with van der Waals surface area (Å²) in [5.41, 5.74) is 0.537. The fraction of sp³-hybridized carbons (Fsp3) is 0.250. The van der Waals surface area contributed by atoms with Crippen molar-refractivity contribution in [3.05, 3.63) is 35.8 Å². The van der Waals surface area contributed by atoms with Crippen LogP contribution in [0.25, 0.3) is 21.9 Å². The number of phenolic OH excluding ortho intramolecular Hbond substituents is 1. The Hall–Kier alpha value is -4.34. The first-order valence-corrected chi connectivity index (χ1v) is 10.1. The van der Waals surface area contributed by atoms with Crippen molar-refractivity contribution in [2.45, 2.75) is 13.8 Å². The Morgan fingerprint density at radius 1 is 0.735 bits per heavy atom. The van der Waals surface area contributed by atoms with Crippen LogP contribution in [0.3, 0.4) is 0 Å². The van der Waals surface area contributed by atoms with Crippen LogP contribution in [-0.2, 0) is 0 Å². The second kappa shape index (κ2) is 8.89. The predicted octanol–water partition coefficient (Wildman–Crippen LogP) is 4.73. The Morgan fingerprint density at radius 2 is 1.21 bits per heavy atom. The maximum atomic E-state index is 12.5. The number of hydrogen-bond acceptors (Lipinski definition) is 10. The van der Waals surface area contributed by atoms with E-state index < -0.39 is 18.3 Å². The average Bonchev–Trinajstić information content (AvgIpc) is 3.48. The molecule has 0 saturated heterocycles. The van der Waals surface area contributed by atoms with E-state index >= 15 is 0 Å². The topological polar surface area (TPSA) is 127 Å². The zero-order valence-electron chi connectivity index (χ0n) is 19.1. The second-order valence-corrected chi connectivity index (χ2v) is 7.20. The smallest absolute Gasteiger partial charge is 0.231 e. The van der Waals surface area contributed by atoms with Gasteiger partial charge in [-0.05, 0) is 26.0 Å². The highest BCUT2D eigenvalue weighted by atomic mass is 16.7. The van der Waals surface area contributed by atoms with Crippen molar-refractivity contribution in [1.29, 1.82) is 0 Å². The lowest BCUT2D eigenvalue weighted by molar-refractivity contribution is 0.0960. The predicted molar refractivity (Wildman–Crippen MR) is 120 cm³/mol. The van der Waals surface area contributed by atoms with Crippen molar-refractivity contribution in [3.8, 4) is 34.5 Å². The van der Waals surface area contributed by atoms with Gasteiger partial charge in [-0.2, -0.15) is 0 Å². The minimum Gasteiger partial charge on any atom is -0.504 e. The van der Waals surface area contributed by atoms with Gasteiger partial charge >= 0.3 is 0 Å². The van der Waals surface area contributed by atoms with E-state index in [-0.39, 0.29) is 51.2 Å². The van der Waals surface area contributed by atoms with E-state index in [2.05, 4.69) is 0 Å². The number of methoxy groups -OCH3 is 3. The van der Waals surface area contributed by atoms with Gasteiger partial charge < -0.3 is 37.6 Å². The van der Waals surface area contributed by atoms with Gasteiger partial charge in [0.25, 0.3) is 0 Å². The van der Waals surface area contributed by atoms with Crippen molar-refractivity contribution >= 4 is 33.5 Å². The Kier molecular flexibility index (Phi) is 5.97. The number of hydrogen-bond donors (Lipinski definition) is 1. The first kappa shape index (κ1) is 22.8. The van der Waals surface area contributed by atoms with E-state index in [0.29, 0.717) is 16.4 Å². The molecule has 0 bridgehead atoms. The number of carbonyl (C=O) groups excluding carboxylic acids is 2. The SMILES string of the molecule is COc1c(C(C)=O)c(O)c(OCOc2c(C(C)=O)c(OC)c3ccoc3c2OC)c2occc12. The van der Waals surface area contributed by atoms with Gasteiger partial charge in [0, 0.05) is 0 Å². The van der Waals surface area contributed by atoms with Crippen molar-refractivity contribution in [1.82, 2.24) is 0 Å². The maximum absolute atomic E-state index is 12.5. The van der Waals surface area contributed by atoms with Crippen LogP contribution >= 0.6 is 0 Å². The number of aromatic hydroxyl groups is 1. The average molecular weight is 470 g/mol. The number of furan rings is 2. The van der Waals surface area contributed by atoms with Gasteiger partial charge in [-0.15, -0.1) is 0 Å². The molecule has 34 heavy (non-hydrogen) atoms. The molecule has 2 aromatic carbocycles. The summed E-state index contributed by atoms with van der Waals surface area (Å²) in [6.07, 6.45) is 2.81. The summed E-state index contributed by atoms with van der Waals surface area (Å²) in [5, 5.41) is 11.7. The van der Waals surface area contributed by atoms with Gasteiger partial charge in [-0.1, -0.05) is 0 Å². The van der Waals surface area contributed by atoms with Crippen LogP contribution < -0.4 is 23.7 Å². The molecular weight excluding hydrogens is 448 g/mol. The van der Waals surface area contributed by atoms with Gasteiger partial charge in [0.1, 0.15) is 22.6 Å². The lowest BCUT2D eigenvalue weighted by atomic mass is 10.0. The first-order valence-electron chi connectivity index (χ1n) is 10.1. The number of phenols is 1. The summed E-state index contributed by atoms with van der Waals surface area (Å²) < 4.78 is 38.7. The van der Waals surface area contributed by atoms with Crippen LogP contribution in [0.2, 0.25) is 0 Å². The zero-order chi connectivity index (χ0) is 24.6. The normalized spacial score (nSPS) is 11.0. The molecule has 0 spiro atoms. The molecular formula is C24H22O10. The molecule has 2 heterocycles. The third-order valence-corrected chi connectivity index (χ3v) is 5.29. The molecule has 10 heteroatoms. The molecule has 0 aliphatic rings. The molecule has 0 radical (unpaired) electrons.